The molecule has 0 aliphatic heterocycles. The molecule has 0 saturated carbocycles. The Kier molecular flexibility index (Phi) is 3.38. The summed E-state index contributed by atoms with van der Waals surface area (Å²) in [6.45, 7) is 2.49. The molecule has 88 valence electrons. The van der Waals surface area contributed by atoms with Gasteiger partial charge >= 0.3 is 0 Å². The van der Waals surface area contributed by atoms with Gasteiger partial charge in [-0.1, -0.05) is 6.07 Å². The van der Waals surface area contributed by atoms with E-state index in [0.29, 0.717) is 17.8 Å². The van der Waals surface area contributed by atoms with Gasteiger partial charge in [0.05, 0.1) is 4.47 Å². The molecule has 0 spiro atoms. The number of halogens is 2. The van der Waals surface area contributed by atoms with Crippen LogP contribution in [0.3, 0.4) is 0 Å². The van der Waals surface area contributed by atoms with E-state index in [2.05, 4.69) is 21.0 Å². The number of benzene rings is 1. The quantitative estimate of drug-likeness (QED) is 0.816. The van der Waals surface area contributed by atoms with Crippen LogP contribution in [-0.2, 0) is 6.54 Å². The van der Waals surface area contributed by atoms with Crippen LogP contribution in [0.2, 0.25) is 0 Å². The van der Waals surface area contributed by atoms with Crippen molar-refractivity contribution in [2.75, 3.05) is 0 Å². The average molecular weight is 297 g/mol. The van der Waals surface area contributed by atoms with Crippen LogP contribution in [0.4, 0.5) is 4.39 Å². The van der Waals surface area contributed by atoms with Gasteiger partial charge in [-0.15, -0.1) is 0 Å². The first-order valence-electron chi connectivity index (χ1n) is 5.15. The topological polar surface area (TPSA) is 34.9 Å². The standard InChI is InChI=1S/C12H10BrFN2O/c1-2-16-10(6-7-15-16)12(17)8-4-3-5-9(14)11(8)13/h3-7H,2H2,1H3. The van der Waals surface area contributed by atoms with Crippen LogP contribution in [0.15, 0.2) is 34.9 Å². The smallest absolute Gasteiger partial charge is 0.212 e. The number of rotatable bonds is 3. The highest BCUT2D eigenvalue weighted by molar-refractivity contribution is 9.10. The Balaban J connectivity index is 2.48. The summed E-state index contributed by atoms with van der Waals surface area (Å²) < 4.78 is 15.1. The van der Waals surface area contributed by atoms with Crippen molar-refractivity contribution >= 4 is 21.7 Å². The Morgan fingerprint density at radius 2 is 2.24 bits per heavy atom. The molecule has 0 N–H and O–H groups in total. The summed E-state index contributed by atoms with van der Waals surface area (Å²) in [6.07, 6.45) is 1.56. The van der Waals surface area contributed by atoms with Crippen LogP contribution in [0.25, 0.3) is 0 Å². The third kappa shape index (κ3) is 2.15. The molecule has 1 aromatic carbocycles. The van der Waals surface area contributed by atoms with E-state index in [0.717, 1.165) is 0 Å². The van der Waals surface area contributed by atoms with E-state index in [4.69, 9.17) is 0 Å². The van der Waals surface area contributed by atoms with E-state index in [1.165, 1.54) is 12.1 Å². The van der Waals surface area contributed by atoms with Gasteiger partial charge in [-0.2, -0.15) is 5.10 Å². The number of ketones is 1. The van der Waals surface area contributed by atoms with Crippen LogP contribution in [0.5, 0.6) is 0 Å². The van der Waals surface area contributed by atoms with Crippen molar-refractivity contribution in [1.29, 1.82) is 0 Å². The highest BCUT2D eigenvalue weighted by Gasteiger charge is 2.17. The van der Waals surface area contributed by atoms with Gasteiger partial charge in [0.2, 0.25) is 5.78 Å². The third-order valence-corrected chi connectivity index (χ3v) is 3.25. The van der Waals surface area contributed by atoms with Crippen molar-refractivity contribution in [2.45, 2.75) is 13.5 Å². The minimum Gasteiger partial charge on any atom is -0.287 e. The first kappa shape index (κ1) is 12.0. The molecule has 0 aliphatic rings. The van der Waals surface area contributed by atoms with Crippen molar-refractivity contribution < 1.29 is 9.18 Å². The molecule has 2 rings (SSSR count). The summed E-state index contributed by atoms with van der Waals surface area (Å²) in [7, 11) is 0. The third-order valence-electron chi connectivity index (χ3n) is 2.44. The molecule has 0 bridgehead atoms. The number of carbonyl (C=O) groups excluding carboxylic acids is 1. The highest BCUT2D eigenvalue weighted by Crippen LogP contribution is 2.23. The van der Waals surface area contributed by atoms with E-state index in [9.17, 15) is 9.18 Å². The Bertz CT molecular complexity index is 565. The van der Waals surface area contributed by atoms with Gasteiger partial charge in [-0.25, -0.2) is 4.39 Å². The molecule has 5 heteroatoms. The zero-order chi connectivity index (χ0) is 12.4. The van der Waals surface area contributed by atoms with E-state index >= 15 is 0 Å². The maximum absolute atomic E-state index is 13.3. The second kappa shape index (κ2) is 4.79. The molecular formula is C12H10BrFN2O. The van der Waals surface area contributed by atoms with Gasteiger partial charge in [0.15, 0.2) is 0 Å². The molecule has 2 aromatic rings. The van der Waals surface area contributed by atoms with Gasteiger partial charge in [-0.05, 0) is 41.1 Å². The molecule has 0 unspecified atom stereocenters. The second-order valence-electron chi connectivity index (χ2n) is 3.46. The van der Waals surface area contributed by atoms with E-state index in [1.54, 1.807) is 23.0 Å². The number of hydrogen-bond acceptors (Lipinski definition) is 2. The van der Waals surface area contributed by atoms with E-state index in [-0.39, 0.29) is 10.3 Å². The number of carbonyl (C=O) groups is 1. The van der Waals surface area contributed by atoms with Crippen molar-refractivity contribution in [3.8, 4) is 0 Å². The lowest BCUT2D eigenvalue weighted by Crippen LogP contribution is -2.11. The lowest BCUT2D eigenvalue weighted by Gasteiger charge is -2.06. The van der Waals surface area contributed by atoms with Crippen LogP contribution < -0.4 is 0 Å². The SMILES string of the molecule is CCn1nccc1C(=O)c1cccc(F)c1Br. The Labute approximate surface area is 106 Å². The first-order chi connectivity index (χ1) is 8.15. The highest BCUT2D eigenvalue weighted by atomic mass is 79.9. The van der Waals surface area contributed by atoms with Crippen LogP contribution in [-0.4, -0.2) is 15.6 Å². The molecular weight excluding hydrogens is 287 g/mol. The largest absolute Gasteiger partial charge is 0.287 e. The van der Waals surface area contributed by atoms with Gasteiger partial charge in [-0.3, -0.25) is 9.48 Å². The first-order valence-corrected chi connectivity index (χ1v) is 5.95. The molecule has 3 nitrogen and oxygen atoms in total. The fraction of sp³-hybridized carbons (Fsp3) is 0.167. The van der Waals surface area contributed by atoms with Gasteiger partial charge in [0, 0.05) is 18.3 Å². The Morgan fingerprint density at radius 3 is 2.94 bits per heavy atom. The molecule has 0 aliphatic carbocycles. The monoisotopic (exact) mass is 296 g/mol. The fourth-order valence-corrected chi connectivity index (χ4v) is 2.04. The summed E-state index contributed by atoms with van der Waals surface area (Å²) in [6, 6.07) is 6.03. The maximum Gasteiger partial charge on any atom is 0.212 e. The fourth-order valence-electron chi connectivity index (χ4n) is 1.59. The van der Waals surface area contributed by atoms with Crippen LogP contribution >= 0.6 is 15.9 Å². The van der Waals surface area contributed by atoms with Gasteiger partial charge in [0.1, 0.15) is 11.5 Å². The summed E-state index contributed by atoms with van der Waals surface area (Å²) >= 11 is 3.09. The molecule has 0 saturated heterocycles. The Hall–Kier alpha value is -1.49. The van der Waals surface area contributed by atoms with Crippen molar-refractivity contribution in [2.24, 2.45) is 0 Å². The predicted molar refractivity (Wildman–Crippen MR) is 65.4 cm³/mol. The van der Waals surface area contributed by atoms with Crippen molar-refractivity contribution in [3.63, 3.8) is 0 Å². The van der Waals surface area contributed by atoms with E-state index in [1.807, 2.05) is 6.92 Å². The van der Waals surface area contributed by atoms with E-state index < -0.39 is 5.82 Å². The summed E-state index contributed by atoms with van der Waals surface area (Å²) in [4.78, 5) is 12.2. The van der Waals surface area contributed by atoms with Gasteiger partial charge < -0.3 is 0 Å². The van der Waals surface area contributed by atoms with Crippen LogP contribution in [0, 0.1) is 5.82 Å². The molecule has 0 atom stereocenters. The molecule has 0 radical (unpaired) electrons. The molecule has 0 fully saturated rings. The normalized spacial score (nSPS) is 10.5. The molecule has 1 heterocycles. The number of aryl methyl sites for hydroxylation is 1. The van der Waals surface area contributed by atoms with Gasteiger partial charge in [0.25, 0.3) is 0 Å². The lowest BCUT2D eigenvalue weighted by molar-refractivity contribution is 0.102. The number of nitrogens with zero attached hydrogens (tertiary/aromatic N) is 2. The van der Waals surface area contributed by atoms with Crippen LogP contribution in [0.1, 0.15) is 23.0 Å². The maximum atomic E-state index is 13.3. The summed E-state index contributed by atoms with van der Waals surface area (Å²) in [5.74, 6) is -0.686. The second-order valence-corrected chi connectivity index (χ2v) is 4.26. The van der Waals surface area contributed by atoms with Crippen molar-refractivity contribution in [3.05, 3.63) is 52.0 Å². The minimum atomic E-state index is -0.446. The Morgan fingerprint density at radius 1 is 1.47 bits per heavy atom. The zero-order valence-corrected chi connectivity index (χ0v) is 10.7. The molecule has 1 aromatic heterocycles. The number of hydrogen-bond donors (Lipinski definition) is 0. The summed E-state index contributed by atoms with van der Waals surface area (Å²) in [5.41, 5.74) is 0.763. The lowest BCUT2D eigenvalue weighted by atomic mass is 10.1. The average Bonchev–Trinajstić information content (AvgIpc) is 2.80. The predicted octanol–water partition coefficient (Wildman–Crippen LogP) is 3.04. The molecule has 17 heavy (non-hydrogen) atoms. The number of aromatic nitrogens is 2. The minimum absolute atomic E-state index is 0.189. The molecule has 0 amide bonds. The zero-order valence-electron chi connectivity index (χ0n) is 9.15. The van der Waals surface area contributed by atoms with Crippen molar-refractivity contribution in [1.82, 2.24) is 9.78 Å². The summed E-state index contributed by atoms with van der Waals surface area (Å²) in [5, 5.41) is 4.02.